The number of rotatable bonds is 4. The van der Waals surface area contributed by atoms with Gasteiger partial charge < -0.3 is 10.2 Å². The summed E-state index contributed by atoms with van der Waals surface area (Å²) >= 11 is 0. The Morgan fingerprint density at radius 2 is 1.79 bits per heavy atom. The molecule has 0 atom stereocenters. The first kappa shape index (κ1) is 14.2. The smallest absolute Gasteiger partial charge is 0.146 e. The van der Waals surface area contributed by atoms with Crippen LogP contribution in [0.2, 0.25) is 0 Å². The molecule has 1 aromatic rings. The van der Waals surface area contributed by atoms with Gasteiger partial charge in [-0.2, -0.15) is 0 Å². The maximum atomic E-state index is 13.6. The normalized spacial score (nSPS) is 17.7. The van der Waals surface area contributed by atoms with Crippen molar-refractivity contribution < 1.29 is 8.78 Å². The van der Waals surface area contributed by atoms with Crippen molar-refractivity contribution in [1.29, 1.82) is 0 Å². The average molecular weight is 269 g/mol. The van der Waals surface area contributed by atoms with Gasteiger partial charge in [0.2, 0.25) is 0 Å². The van der Waals surface area contributed by atoms with E-state index in [4.69, 9.17) is 0 Å². The molecule has 0 aliphatic carbocycles. The van der Waals surface area contributed by atoms with Crippen molar-refractivity contribution in [1.82, 2.24) is 9.80 Å². The van der Waals surface area contributed by atoms with Crippen LogP contribution in [0, 0.1) is 18.6 Å². The molecule has 1 N–H and O–H groups in total. The van der Waals surface area contributed by atoms with E-state index in [-0.39, 0.29) is 11.5 Å². The third kappa shape index (κ3) is 3.88. The molecule has 2 rings (SSSR count). The zero-order valence-electron chi connectivity index (χ0n) is 11.5. The Bertz CT molecular complexity index is 429. The molecule has 1 heterocycles. The number of nitrogens with zero attached hydrogens (tertiary/aromatic N) is 2. The van der Waals surface area contributed by atoms with Gasteiger partial charge in [0.05, 0.1) is 5.69 Å². The molecule has 0 radical (unpaired) electrons. The maximum Gasteiger partial charge on any atom is 0.146 e. The van der Waals surface area contributed by atoms with Crippen LogP contribution in [-0.2, 0) is 0 Å². The van der Waals surface area contributed by atoms with Crippen molar-refractivity contribution in [2.45, 2.75) is 6.92 Å². The summed E-state index contributed by atoms with van der Waals surface area (Å²) in [4.78, 5) is 4.62. The van der Waals surface area contributed by atoms with Gasteiger partial charge >= 0.3 is 0 Å². The summed E-state index contributed by atoms with van der Waals surface area (Å²) < 4.78 is 27.0. The largest absolute Gasteiger partial charge is 0.381 e. The molecular weight excluding hydrogens is 248 g/mol. The van der Waals surface area contributed by atoms with E-state index in [1.54, 1.807) is 6.92 Å². The second kappa shape index (κ2) is 6.30. The van der Waals surface area contributed by atoms with Gasteiger partial charge in [-0.25, -0.2) is 8.78 Å². The molecule has 0 spiro atoms. The summed E-state index contributed by atoms with van der Waals surface area (Å²) in [6, 6.07) is 2.46. The average Bonchev–Trinajstić information content (AvgIpc) is 2.38. The van der Waals surface area contributed by atoms with E-state index < -0.39 is 5.82 Å². The highest BCUT2D eigenvalue weighted by molar-refractivity contribution is 5.46. The number of nitrogens with one attached hydrogen (secondary N) is 1. The molecule has 0 saturated carbocycles. The first-order chi connectivity index (χ1) is 9.06. The Kier molecular flexibility index (Phi) is 4.71. The van der Waals surface area contributed by atoms with Crippen LogP contribution in [0.1, 0.15) is 5.56 Å². The lowest BCUT2D eigenvalue weighted by Crippen LogP contribution is -2.45. The zero-order valence-corrected chi connectivity index (χ0v) is 11.5. The molecule has 0 aromatic heterocycles. The highest BCUT2D eigenvalue weighted by Crippen LogP contribution is 2.18. The van der Waals surface area contributed by atoms with Crippen LogP contribution in [0.15, 0.2) is 12.1 Å². The summed E-state index contributed by atoms with van der Waals surface area (Å²) in [7, 11) is 2.11. The second-order valence-electron chi connectivity index (χ2n) is 5.15. The first-order valence-corrected chi connectivity index (χ1v) is 6.66. The quantitative estimate of drug-likeness (QED) is 0.901. The third-order valence-corrected chi connectivity index (χ3v) is 3.59. The molecule has 0 unspecified atom stereocenters. The molecular formula is C14H21F2N3. The summed E-state index contributed by atoms with van der Waals surface area (Å²) in [5.41, 5.74) is 0.583. The lowest BCUT2D eigenvalue weighted by Gasteiger charge is -2.32. The van der Waals surface area contributed by atoms with Crippen molar-refractivity contribution in [3.63, 3.8) is 0 Å². The van der Waals surface area contributed by atoms with Gasteiger partial charge in [0.25, 0.3) is 0 Å². The van der Waals surface area contributed by atoms with E-state index in [0.29, 0.717) is 12.1 Å². The van der Waals surface area contributed by atoms with Crippen LogP contribution in [0.4, 0.5) is 14.5 Å². The van der Waals surface area contributed by atoms with Crippen LogP contribution in [-0.4, -0.2) is 56.1 Å². The molecule has 1 aliphatic heterocycles. The summed E-state index contributed by atoms with van der Waals surface area (Å²) in [6.45, 7) is 7.23. The summed E-state index contributed by atoms with van der Waals surface area (Å²) in [5.74, 6) is -0.763. The van der Waals surface area contributed by atoms with Gasteiger partial charge in [-0.1, -0.05) is 0 Å². The van der Waals surface area contributed by atoms with Crippen LogP contribution >= 0.6 is 0 Å². The van der Waals surface area contributed by atoms with E-state index in [1.807, 2.05) is 0 Å². The first-order valence-electron chi connectivity index (χ1n) is 6.66. The van der Waals surface area contributed by atoms with Crippen molar-refractivity contribution in [2.24, 2.45) is 0 Å². The van der Waals surface area contributed by atoms with Crippen LogP contribution in [0.25, 0.3) is 0 Å². The maximum absolute atomic E-state index is 13.6. The second-order valence-corrected chi connectivity index (χ2v) is 5.15. The Hall–Kier alpha value is -1.20. The Labute approximate surface area is 113 Å². The fourth-order valence-corrected chi connectivity index (χ4v) is 2.20. The number of anilines is 1. The molecule has 3 nitrogen and oxygen atoms in total. The Morgan fingerprint density at radius 3 is 2.47 bits per heavy atom. The van der Waals surface area contributed by atoms with Gasteiger partial charge in [0.15, 0.2) is 0 Å². The fraction of sp³-hybridized carbons (Fsp3) is 0.571. The molecule has 1 aromatic carbocycles. The molecule has 106 valence electrons. The van der Waals surface area contributed by atoms with E-state index in [2.05, 4.69) is 22.2 Å². The SMILES string of the molecule is Cc1cc(F)c(NCCN2CCN(C)CC2)cc1F. The van der Waals surface area contributed by atoms with E-state index >= 15 is 0 Å². The monoisotopic (exact) mass is 269 g/mol. The van der Waals surface area contributed by atoms with Crippen LogP contribution in [0.5, 0.6) is 0 Å². The van der Waals surface area contributed by atoms with Crippen molar-refractivity contribution in [3.8, 4) is 0 Å². The van der Waals surface area contributed by atoms with Gasteiger partial charge in [0, 0.05) is 45.3 Å². The number of piperazine rings is 1. The molecule has 5 heteroatoms. The standard InChI is InChI=1S/C14H21F2N3/c1-11-9-13(16)14(10-12(11)15)17-3-4-19-7-5-18(2)6-8-19/h9-10,17H,3-8H2,1-2H3. The number of benzene rings is 1. The molecule has 0 amide bonds. The fourth-order valence-electron chi connectivity index (χ4n) is 2.20. The lowest BCUT2D eigenvalue weighted by molar-refractivity contribution is 0.158. The number of hydrogen-bond acceptors (Lipinski definition) is 3. The van der Waals surface area contributed by atoms with Gasteiger partial charge in [0.1, 0.15) is 11.6 Å². The highest BCUT2D eigenvalue weighted by Gasteiger charge is 2.13. The number of hydrogen-bond donors (Lipinski definition) is 1. The van der Waals surface area contributed by atoms with E-state index in [9.17, 15) is 8.78 Å². The summed E-state index contributed by atoms with van der Waals surface area (Å²) in [6.07, 6.45) is 0. The topological polar surface area (TPSA) is 18.5 Å². The molecule has 1 saturated heterocycles. The minimum absolute atomic E-state index is 0.247. The Morgan fingerprint density at radius 1 is 1.11 bits per heavy atom. The Balaban J connectivity index is 1.81. The zero-order chi connectivity index (χ0) is 13.8. The van der Waals surface area contributed by atoms with E-state index in [1.165, 1.54) is 12.1 Å². The van der Waals surface area contributed by atoms with Crippen molar-refractivity contribution >= 4 is 5.69 Å². The molecule has 1 fully saturated rings. The molecule has 19 heavy (non-hydrogen) atoms. The van der Waals surface area contributed by atoms with Crippen LogP contribution in [0.3, 0.4) is 0 Å². The van der Waals surface area contributed by atoms with Gasteiger partial charge in [-0.3, -0.25) is 4.90 Å². The van der Waals surface area contributed by atoms with Crippen LogP contribution < -0.4 is 5.32 Å². The van der Waals surface area contributed by atoms with Crippen molar-refractivity contribution in [2.75, 3.05) is 51.6 Å². The van der Waals surface area contributed by atoms with Crippen molar-refractivity contribution in [3.05, 3.63) is 29.3 Å². The highest BCUT2D eigenvalue weighted by atomic mass is 19.1. The third-order valence-electron chi connectivity index (χ3n) is 3.59. The number of aryl methyl sites for hydroxylation is 1. The predicted molar refractivity (Wildman–Crippen MR) is 73.5 cm³/mol. The lowest BCUT2D eigenvalue weighted by atomic mass is 10.2. The van der Waals surface area contributed by atoms with Gasteiger partial charge in [-0.05, 0) is 25.6 Å². The summed E-state index contributed by atoms with van der Waals surface area (Å²) in [5, 5.41) is 2.97. The number of halogens is 2. The molecule has 0 bridgehead atoms. The predicted octanol–water partition coefficient (Wildman–Crippen LogP) is 1.93. The minimum Gasteiger partial charge on any atom is -0.381 e. The van der Waals surface area contributed by atoms with Gasteiger partial charge in [-0.15, -0.1) is 0 Å². The molecule has 1 aliphatic rings. The van der Waals surface area contributed by atoms with E-state index in [0.717, 1.165) is 32.7 Å². The minimum atomic E-state index is -0.391. The number of likely N-dealkylation sites (N-methyl/N-ethyl adjacent to an activating group) is 1.